The number of fused-ring (bicyclic) bond motifs is 1. The van der Waals surface area contributed by atoms with Gasteiger partial charge in [0, 0.05) is 55.4 Å². The predicted octanol–water partition coefficient (Wildman–Crippen LogP) is 4.39. The van der Waals surface area contributed by atoms with E-state index in [1.807, 2.05) is 36.1 Å². The summed E-state index contributed by atoms with van der Waals surface area (Å²) in [7, 11) is 2.16. The average Bonchev–Trinajstić information content (AvgIpc) is 3.12. The number of aliphatic carboxylic acids is 1. The third-order valence-corrected chi connectivity index (χ3v) is 7.84. The summed E-state index contributed by atoms with van der Waals surface area (Å²) in [5, 5.41) is 16.9. The Labute approximate surface area is 215 Å². The van der Waals surface area contributed by atoms with Crippen LogP contribution in [0.25, 0.3) is 0 Å². The molecule has 6 rings (SSSR count). The number of para-hydroxylation sites is 1. The van der Waals surface area contributed by atoms with E-state index >= 15 is 0 Å². The predicted molar refractivity (Wildman–Crippen MR) is 141 cm³/mol. The lowest BCUT2D eigenvalue weighted by molar-refractivity contribution is -0.138. The van der Waals surface area contributed by atoms with Gasteiger partial charge in [-0.3, -0.25) is 4.79 Å². The quantitative estimate of drug-likeness (QED) is 0.471. The number of halogens is 1. The molecule has 0 amide bonds. The van der Waals surface area contributed by atoms with Gasteiger partial charge in [0.25, 0.3) is 0 Å². The number of benzene rings is 2. The van der Waals surface area contributed by atoms with Gasteiger partial charge in [-0.05, 0) is 47.5 Å². The fourth-order valence-corrected chi connectivity index (χ4v) is 6.37. The van der Waals surface area contributed by atoms with Gasteiger partial charge in [0.15, 0.2) is 5.82 Å². The van der Waals surface area contributed by atoms with E-state index in [0.29, 0.717) is 29.3 Å². The van der Waals surface area contributed by atoms with Crippen LogP contribution in [0.2, 0.25) is 5.02 Å². The first-order valence-electron chi connectivity index (χ1n) is 12.2. The number of likely N-dealkylation sites (N-methyl/N-ethyl adjacent to an activating group) is 1. The van der Waals surface area contributed by atoms with Gasteiger partial charge in [0.05, 0.1) is 12.6 Å². The molecule has 2 atom stereocenters. The fraction of sp³-hybridized carbons (Fsp3) is 0.370. The van der Waals surface area contributed by atoms with Gasteiger partial charge in [-0.2, -0.15) is 4.98 Å². The monoisotopic (exact) mass is 504 g/mol. The van der Waals surface area contributed by atoms with E-state index in [1.54, 1.807) is 6.20 Å². The highest BCUT2D eigenvalue weighted by Gasteiger charge is 2.42. The number of hydrogen-bond donors (Lipinski definition) is 3. The van der Waals surface area contributed by atoms with Gasteiger partial charge in [0.1, 0.15) is 5.02 Å². The van der Waals surface area contributed by atoms with Crippen LogP contribution in [-0.2, 0) is 23.3 Å². The minimum Gasteiger partial charge on any atom is -0.481 e. The molecule has 0 saturated heterocycles. The van der Waals surface area contributed by atoms with Crippen LogP contribution >= 0.6 is 11.6 Å². The zero-order valence-electron chi connectivity index (χ0n) is 20.4. The summed E-state index contributed by atoms with van der Waals surface area (Å²) in [5.41, 5.74) is 6.46. The van der Waals surface area contributed by atoms with Crippen LogP contribution in [-0.4, -0.2) is 52.6 Å². The first-order valence-corrected chi connectivity index (χ1v) is 12.6. The number of hydrogen-bond acceptors (Lipinski definition) is 7. The Morgan fingerprint density at radius 3 is 2.94 bits per heavy atom. The van der Waals surface area contributed by atoms with Crippen molar-refractivity contribution in [2.24, 2.45) is 0 Å². The van der Waals surface area contributed by atoms with Crippen molar-refractivity contribution in [1.29, 1.82) is 0 Å². The molecule has 3 aliphatic rings. The van der Waals surface area contributed by atoms with Crippen LogP contribution in [0.5, 0.6) is 0 Å². The second-order valence-corrected chi connectivity index (χ2v) is 10.9. The van der Waals surface area contributed by atoms with Crippen LogP contribution in [0.3, 0.4) is 0 Å². The summed E-state index contributed by atoms with van der Waals surface area (Å²) in [5.74, 6) is 0.709. The molecule has 36 heavy (non-hydrogen) atoms. The minimum atomic E-state index is -0.830. The number of carboxylic acid groups (broad SMARTS) is 1. The maximum Gasteiger partial charge on any atom is 0.304 e. The summed E-state index contributed by atoms with van der Waals surface area (Å²) in [6.45, 7) is 6.31. The lowest BCUT2D eigenvalue weighted by atomic mass is 9.81. The second kappa shape index (κ2) is 8.73. The molecule has 8 nitrogen and oxygen atoms in total. The third-order valence-electron chi connectivity index (χ3n) is 7.57. The number of carbonyl (C=O) groups is 1. The van der Waals surface area contributed by atoms with Crippen molar-refractivity contribution in [1.82, 2.24) is 20.2 Å². The number of carboxylic acids is 1. The molecule has 9 heteroatoms. The lowest BCUT2D eigenvalue weighted by Crippen LogP contribution is -2.39. The van der Waals surface area contributed by atoms with Gasteiger partial charge in [-0.1, -0.05) is 36.7 Å². The third kappa shape index (κ3) is 3.99. The highest BCUT2D eigenvalue weighted by Crippen LogP contribution is 2.47. The van der Waals surface area contributed by atoms with Gasteiger partial charge in [-0.25, -0.2) is 4.98 Å². The maximum atomic E-state index is 11.6. The molecule has 0 saturated carbocycles. The number of anilines is 4. The first-order chi connectivity index (χ1) is 17.3. The van der Waals surface area contributed by atoms with Crippen LogP contribution in [0.4, 0.5) is 23.1 Å². The summed E-state index contributed by atoms with van der Waals surface area (Å²) in [6, 6.07) is 12.3. The highest BCUT2D eigenvalue weighted by molar-refractivity contribution is 6.33. The van der Waals surface area contributed by atoms with Crippen molar-refractivity contribution in [3.63, 3.8) is 0 Å². The normalized spacial score (nSPS) is 22.8. The molecular weight excluding hydrogens is 476 g/mol. The van der Waals surface area contributed by atoms with Gasteiger partial charge >= 0.3 is 5.97 Å². The molecule has 4 heterocycles. The van der Waals surface area contributed by atoms with E-state index in [1.165, 1.54) is 16.7 Å². The van der Waals surface area contributed by atoms with Crippen LogP contribution < -0.4 is 15.5 Å². The molecule has 1 aromatic heterocycles. The molecule has 0 radical (unpaired) electrons. The van der Waals surface area contributed by atoms with Crippen molar-refractivity contribution < 1.29 is 9.90 Å². The summed E-state index contributed by atoms with van der Waals surface area (Å²) >= 11 is 6.60. The second-order valence-electron chi connectivity index (χ2n) is 10.5. The molecule has 2 aromatic carbocycles. The van der Waals surface area contributed by atoms with E-state index in [2.05, 4.69) is 39.7 Å². The molecule has 0 bridgehead atoms. The molecule has 0 aliphatic carbocycles. The van der Waals surface area contributed by atoms with Crippen molar-refractivity contribution in [3.05, 3.63) is 69.9 Å². The smallest absolute Gasteiger partial charge is 0.304 e. The molecule has 0 fully saturated rings. The largest absolute Gasteiger partial charge is 0.481 e. The van der Waals surface area contributed by atoms with Crippen molar-refractivity contribution >= 4 is 40.7 Å². The molecule has 3 aromatic rings. The summed E-state index contributed by atoms with van der Waals surface area (Å²) in [6.07, 6.45) is 1.63. The summed E-state index contributed by atoms with van der Waals surface area (Å²) < 4.78 is 0. The zero-order valence-corrected chi connectivity index (χ0v) is 21.1. The standard InChI is InChI=1S/C27H29ClN6O2/c1-27(9-23(35)36)15-34(22-6-4-3-5-20(22)27)25-21(28)12-30-26(32-25)31-19-7-16-10-29-11-18-14-33(2)13-17(8-19)24(16)18/h3-8,12,18,29H,9-11,13-15H2,1-2H3,(H,35,36)(H,30,31,32). The molecule has 186 valence electrons. The Morgan fingerprint density at radius 2 is 2.11 bits per heavy atom. The fourth-order valence-electron chi connectivity index (χ4n) is 6.17. The molecule has 3 aliphatic heterocycles. The Bertz CT molecular complexity index is 1360. The molecule has 3 N–H and O–H groups in total. The van der Waals surface area contributed by atoms with Crippen molar-refractivity contribution in [2.45, 2.75) is 37.8 Å². The lowest BCUT2D eigenvalue weighted by Gasteiger charge is -2.37. The average molecular weight is 505 g/mol. The molecule has 0 spiro atoms. The SMILES string of the molecule is CN1Cc2cc(Nc3ncc(Cl)c(N4CC(C)(CC(=O)O)c5ccccc54)n3)cc3c2C(CNC3)C1. The van der Waals surface area contributed by atoms with E-state index in [-0.39, 0.29) is 6.42 Å². The number of nitrogens with zero attached hydrogens (tertiary/aromatic N) is 4. The van der Waals surface area contributed by atoms with Crippen molar-refractivity contribution in [2.75, 3.05) is 36.9 Å². The van der Waals surface area contributed by atoms with Crippen LogP contribution in [0, 0.1) is 0 Å². The van der Waals surface area contributed by atoms with Crippen LogP contribution in [0.1, 0.15) is 41.5 Å². The maximum absolute atomic E-state index is 11.6. The Kier molecular flexibility index (Phi) is 5.63. The first kappa shape index (κ1) is 23.2. The minimum absolute atomic E-state index is 0.0235. The van der Waals surface area contributed by atoms with E-state index in [0.717, 1.165) is 43.1 Å². The zero-order chi connectivity index (χ0) is 25.0. The summed E-state index contributed by atoms with van der Waals surface area (Å²) in [4.78, 5) is 25.3. The van der Waals surface area contributed by atoms with Crippen molar-refractivity contribution in [3.8, 4) is 0 Å². The Hall–Kier alpha value is -3.20. The number of rotatable bonds is 5. The topological polar surface area (TPSA) is 93.6 Å². The Balaban J connectivity index is 1.34. The molecular formula is C27H29ClN6O2. The Morgan fingerprint density at radius 1 is 1.31 bits per heavy atom. The van der Waals surface area contributed by atoms with E-state index in [4.69, 9.17) is 16.6 Å². The van der Waals surface area contributed by atoms with Gasteiger partial charge < -0.3 is 25.5 Å². The van der Waals surface area contributed by atoms with Gasteiger partial charge in [-0.15, -0.1) is 0 Å². The van der Waals surface area contributed by atoms with Crippen LogP contribution in [0.15, 0.2) is 42.6 Å². The number of nitrogens with one attached hydrogen (secondary N) is 2. The number of aromatic nitrogens is 2. The van der Waals surface area contributed by atoms with E-state index < -0.39 is 11.4 Å². The van der Waals surface area contributed by atoms with E-state index in [9.17, 15) is 9.90 Å². The molecule has 2 unspecified atom stereocenters. The highest BCUT2D eigenvalue weighted by atomic mass is 35.5. The van der Waals surface area contributed by atoms with Gasteiger partial charge in [0.2, 0.25) is 5.95 Å².